The van der Waals surface area contributed by atoms with Crippen LogP contribution in [0.25, 0.3) is 0 Å². The second-order valence-corrected chi connectivity index (χ2v) is 8.09. The van der Waals surface area contributed by atoms with Crippen LogP contribution in [-0.4, -0.2) is 40.9 Å². The first kappa shape index (κ1) is 19.2. The lowest BCUT2D eigenvalue weighted by molar-refractivity contribution is -0.149. The third-order valence-electron chi connectivity index (χ3n) is 6.35. The van der Waals surface area contributed by atoms with Crippen molar-refractivity contribution < 1.29 is 19.5 Å². The average Bonchev–Trinajstić information content (AvgIpc) is 3.28. The van der Waals surface area contributed by atoms with Crippen molar-refractivity contribution in [2.75, 3.05) is 18.4 Å². The minimum atomic E-state index is -0.801. The zero-order valence-corrected chi connectivity index (χ0v) is 16.4. The molecule has 2 aliphatic rings. The summed E-state index contributed by atoms with van der Waals surface area (Å²) in [6, 6.07) is 14.1. The number of carboxylic acids is 1. The fourth-order valence-corrected chi connectivity index (χ4v) is 4.65. The van der Waals surface area contributed by atoms with Crippen LogP contribution in [0, 0.1) is 18.3 Å². The minimum absolute atomic E-state index is 0.0200. The number of rotatable bonds is 4. The van der Waals surface area contributed by atoms with E-state index in [-0.39, 0.29) is 24.3 Å². The summed E-state index contributed by atoms with van der Waals surface area (Å²) in [5, 5.41) is 12.6. The lowest BCUT2D eigenvalue weighted by Gasteiger charge is -2.23. The summed E-state index contributed by atoms with van der Waals surface area (Å²) in [6.07, 6.45) is 2.38. The van der Waals surface area contributed by atoms with Gasteiger partial charge in [0.2, 0.25) is 0 Å². The molecule has 29 heavy (non-hydrogen) atoms. The molecule has 0 spiro atoms. The van der Waals surface area contributed by atoms with E-state index in [1.807, 2.05) is 13.0 Å². The van der Waals surface area contributed by atoms with E-state index in [1.54, 1.807) is 47.4 Å². The molecule has 0 aromatic heterocycles. The number of fused-ring (bicyclic) bond motifs is 1. The summed E-state index contributed by atoms with van der Waals surface area (Å²) in [4.78, 5) is 39.1. The van der Waals surface area contributed by atoms with E-state index in [1.165, 1.54) is 0 Å². The Bertz CT molecular complexity index is 972. The Morgan fingerprint density at radius 2 is 1.86 bits per heavy atom. The predicted octanol–water partition coefficient (Wildman–Crippen LogP) is 3.57. The van der Waals surface area contributed by atoms with Gasteiger partial charge in [-0.3, -0.25) is 14.4 Å². The number of anilines is 1. The van der Waals surface area contributed by atoms with Crippen molar-refractivity contribution in [3.63, 3.8) is 0 Å². The first-order valence-electron chi connectivity index (χ1n) is 9.90. The summed E-state index contributed by atoms with van der Waals surface area (Å²) in [7, 11) is 0. The molecule has 2 aromatic carbocycles. The Labute approximate surface area is 169 Å². The number of carboxylic acid groups (broad SMARTS) is 1. The van der Waals surface area contributed by atoms with Crippen LogP contribution < -0.4 is 5.32 Å². The molecule has 1 heterocycles. The largest absolute Gasteiger partial charge is 0.481 e. The Balaban J connectivity index is 1.54. The number of nitrogens with one attached hydrogen (secondary N) is 1. The van der Waals surface area contributed by atoms with Gasteiger partial charge in [0.25, 0.3) is 11.8 Å². The molecule has 1 saturated carbocycles. The molecule has 150 valence electrons. The molecule has 2 N–H and O–H groups in total. The number of amides is 2. The molecule has 2 fully saturated rings. The van der Waals surface area contributed by atoms with Crippen LogP contribution in [0.4, 0.5) is 5.69 Å². The van der Waals surface area contributed by atoms with Gasteiger partial charge in [0.15, 0.2) is 0 Å². The Kier molecular flexibility index (Phi) is 4.86. The van der Waals surface area contributed by atoms with E-state index >= 15 is 0 Å². The maximum atomic E-state index is 13.1. The van der Waals surface area contributed by atoms with Crippen molar-refractivity contribution in [3.8, 4) is 0 Å². The van der Waals surface area contributed by atoms with E-state index in [2.05, 4.69) is 5.32 Å². The number of likely N-dealkylation sites (tertiary alicyclic amines) is 1. The van der Waals surface area contributed by atoms with Gasteiger partial charge in [0, 0.05) is 29.9 Å². The summed E-state index contributed by atoms with van der Waals surface area (Å²) < 4.78 is 0. The third kappa shape index (κ3) is 3.39. The molecule has 1 saturated heterocycles. The molecule has 0 radical (unpaired) electrons. The van der Waals surface area contributed by atoms with Crippen molar-refractivity contribution in [1.29, 1.82) is 0 Å². The molecule has 1 aliphatic carbocycles. The Hall–Kier alpha value is -3.15. The first-order chi connectivity index (χ1) is 13.9. The molecule has 2 atom stereocenters. The molecule has 0 unspecified atom stereocenters. The van der Waals surface area contributed by atoms with E-state index in [0.29, 0.717) is 29.8 Å². The molecular formula is C23H24N2O4. The topological polar surface area (TPSA) is 86.7 Å². The number of benzene rings is 2. The van der Waals surface area contributed by atoms with Crippen molar-refractivity contribution in [3.05, 3.63) is 65.2 Å². The van der Waals surface area contributed by atoms with Crippen molar-refractivity contribution in [1.82, 2.24) is 4.90 Å². The Morgan fingerprint density at radius 1 is 1.10 bits per heavy atom. The fraction of sp³-hybridized carbons (Fsp3) is 0.348. The molecule has 2 amide bonds. The number of aliphatic carboxylic acids is 1. The van der Waals surface area contributed by atoms with Gasteiger partial charge < -0.3 is 15.3 Å². The van der Waals surface area contributed by atoms with E-state index < -0.39 is 11.4 Å². The van der Waals surface area contributed by atoms with Crippen molar-refractivity contribution in [2.45, 2.75) is 26.2 Å². The van der Waals surface area contributed by atoms with E-state index in [0.717, 1.165) is 18.4 Å². The van der Waals surface area contributed by atoms with Crippen LogP contribution >= 0.6 is 0 Å². The van der Waals surface area contributed by atoms with Crippen LogP contribution in [-0.2, 0) is 4.79 Å². The summed E-state index contributed by atoms with van der Waals surface area (Å²) >= 11 is 0. The minimum Gasteiger partial charge on any atom is -0.481 e. The molecule has 4 rings (SSSR count). The number of carbonyl (C=O) groups excluding carboxylic acids is 2. The number of nitrogens with zero attached hydrogens (tertiary/aromatic N) is 1. The van der Waals surface area contributed by atoms with Crippen LogP contribution in [0.5, 0.6) is 0 Å². The highest BCUT2D eigenvalue weighted by atomic mass is 16.4. The molecule has 6 heteroatoms. The zero-order valence-electron chi connectivity index (χ0n) is 16.4. The fourth-order valence-electron chi connectivity index (χ4n) is 4.65. The van der Waals surface area contributed by atoms with Gasteiger partial charge in [0.05, 0.1) is 5.41 Å². The first-order valence-corrected chi connectivity index (χ1v) is 9.90. The zero-order chi connectivity index (χ0) is 20.6. The highest BCUT2D eigenvalue weighted by molar-refractivity contribution is 6.05. The van der Waals surface area contributed by atoms with Gasteiger partial charge in [-0.1, -0.05) is 30.7 Å². The SMILES string of the molecule is Cc1ccc(C(=O)N2C[C@@H]3CCC[C@@]3(C(=O)O)C2)cc1NC(=O)c1ccccc1. The van der Waals surface area contributed by atoms with Gasteiger partial charge in [0.1, 0.15) is 0 Å². The quantitative estimate of drug-likeness (QED) is 0.833. The van der Waals surface area contributed by atoms with Crippen molar-refractivity contribution in [2.24, 2.45) is 11.3 Å². The smallest absolute Gasteiger partial charge is 0.311 e. The molecular weight excluding hydrogens is 368 g/mol. The number of hydrogen-bond acceptors (Lipinski definition) is 3. The highest BCUT2D eigenvalue weighted by Gasteiger charge is 2.55. The second kappa shape index (κ2) is 7.35. The molecule has 0 bridgehead atoms. The highest BCUT2D eigenvalue weighted by Crippen LogP contribution is 2.49. The summed E-state index contributed by atoms with van der Waals surface area (Å²) in [5.41, 5.74) is 1.63. The van der Waals surface area contributed by atoms with Gasteiger partial charge in [-0.05, 0) is 55.5 Å². The van der Waals surface area contributed by atoms with Gasteiger partial charge in [-0.25, -0.2) is 0 Å². The molecule has 2 aromatic rings. The van der Waals surface area contributed by atoms with E-state index in [4.69, 9.17) is 0 Å². The second-order valence-electron chi connectivity index (χ2n) is 8.09. The monoisotopic (exact) mass is 392 g/mol. The van der Waals surface area contributed by atoms with Crippen molar-refractivity contribution >= 4 is 23.5 Å². The van der Waals surface area contributed by atoms with Gasteiger partial charge in [-0.15, -0.1) is 0 Å². The number of aryl methyl sites for hydroxylation is 1. The maximum Gasteiger partial charge on any atom is 0.311 e. The summed E-state index contributed by atoms with van der Waals surface area (Å²) in [5.74, 6) is -1.20. The average molecular weight is 392 g/mol. The normalized spacial score (nSPS) is 22.9. The van der Waals surface area contributed by atoms with Crippen LogP contribution in [0.2, 0.25) is 0 Å². The van der Waals surface area contributed by atoms with Crippen LogP contribution in [0.1, 0.15) is 45.5 Å². The van der Waals surface area contributed by atoms with Gasteiger partial charge >= 0.3 is 5.97 Å². The third-order valence-corrected chi connectivity index (χ3v) is 6.35. The molecule has 6 nitrogen and oxygen atoms in total. The van der Waals surface area contributed by atoms with Crippen LogP contribution in [0.3, 0.4) is 0 Å². The predicted molar refractivity (Wildman–Crippen MR) is 109 cm³/mol. The van der Waals surface area contributed by atoms with Crippen LogP contribution in [0.15, 0.2) is 48.5 Å². The lowest BCUT2D eigenvalue weighted by atomic mass is 9.81. The molecule has 1 aliphatic heterocycles. The standard InChI is InChI=1S/C23H24N2O4/c1-15-9-10-17(12-19(15)24-20(26)16-6-3-2-4-7-16)21(27)25-13-18-8-5-11-23(18,14-25)22(28)29/h2-4,6-7,9-10,12,18H,5,8,11,13-14H2,1H3,(H,24,26)(H,28,29)/t18-,23+/m0/s1. The van der Waals surface area contributed by atoms with E-state index in [9.17, 15) is 19.5 Å². The Morgan fingerprint density at radius 3 is 2.55 bits per heavy atom. The summed E-state index contributed by atoms with van der Waals surface area (Å²) in [6.45, 7) is 2.60. The number of carbonyl (C=O) groups is 3. The van der Waals surface area contributed by atoms with Gasteiger partial charge in [-0.2, -0.15) is 0 Å². The lowest BCUT2D eigenvalue weighted by Crippen LogP contribution is -2.37. The number of hydrogen-bond donors (Lipinski definition) is 2. The maximum absolute atomic E-state index is 13.1.